The maximum absolute atomic E-state index is 14.2. The van der Waals surface area contributed by atoms with Crippen LogP contribution < -0.4 is 0 Å². The number of aliphatic hydroxyl groups excluding tert-OH is 1. The molecule has 1 spiro atoms. The van der Waals surface area contributed by atoms with E-state index in [4.69, 9.17) is 23.8 Å². The SMILES string of the molecule is CON=C1CC2(CC3CC(CC=C(C)CC(C)C=CC=C4COC5C(O)C(C)=CC(C(=O)O3)C45O)O2)OC(C(C)=CC(C)C)C1C. The summed E-state index contributed by atoms with van der Waals surface area (Å²) in [5.41, 5.74) is 2.54. The monoisotopic (exact) mass is 639 g/mol. The molecule has 0 aromatic rings. The summed E-state index contributed by atoms with van der Waals surface area (Å²) in [6, 6.07) is 0. The van der Waals surface area contributed by atoms with E-state index in [1.807, 2.05) is 12.2 Å². The minimum absolute atomic E-state index is 0.0340. The van der Waals surface area contributed by atoms with Crippen molar-refractivity contribution in [3.63, 3.8) is 0 Å². The minimum Gasteiger partial charge on any atom is -0.462 e. The largest absolute Gasteiger partial charge is 0.462 e. The lowest BCUT2D eigenvalue weighted by Crippen LogP contribution is -2.59. The molecule has 2 N–H and O–H groups in total. The molecule has 1 aliphatic carbocycles. The maximum atomic E-state index is 14.2. The third-order valence-corrected chi connectivity index (χ3v) is 10.1. The fourth-order valence-electron chi connectivity index (χ4n) is 7.94. The number of aliphatic hydroxyl groups is 2. The number of oxime groups is 1. The van der Waals surface area contributed by atoms with Gasteiger partial charge in [0.2, 0.25) is 0 Å². The number of carbonyl (C=O) groups excluding carboxylic acids is 1. The molecule has 0 amide bonds. The Hall–Kier alpha value is -2.56. The van der Waals surface area contributed by atoms with Gasteiger partial charge in [0.05, 0.1) is 24.5 Å². The Balaban J connectivity index is 1.55. The van der Waals surface area contributed by atoms with Gasteiger partial charge in [-0.25, -0.2) is 0 Å². The molecule has 0 aromatic carbocycles. The molecule has 5 rings (SSSR count). The van der Waals surface area contributed by atoms with E-state index < -0.39 is 41.6 Å². The van der Waals surface area contributed by atoms with Crippen molar-refractivity contribution in [3.05, 3.63) is 58.7 Å². The molecule has 4 heterocycles. The van der Waals surface area contributed by atoms with Crippen LogP contribution in [0.2, 0.25) is 0 Å². The van der Waals surface area contributed by atoms with Crippen LogP contribution in [0, 0.1) is 23.7 Å². The van der Waals surface area contributed by atoms with E-state index in [2.05, 4.69) is 64.9 Å². The van der Waals surface area contributed by atoms with Crippen LogP contribution in [0.5, 0.6) is 0 Å². The van der Waals surface area contributed by atoms with Gasteiger partial charge in [0.25, 0.3) is 0 Å². The standard InChI is InChI=1S/C37H53NO8/c1-21(2)14-25(6)33-26(7)31(38-42-8)19-36(46-33)18-29-17-28(45-36)13-12-23(4)15-22(3)10-9-11-27-20-43-34-32(39)24(5)16-30(35(40)44-29)37(27,34)41/h9-12,14,16,21-22,26,28-30,32-34,39,41H,13,15,17-20H2,1-8H3. The number of hydrogen-bond donors (Lipinski definition) is 2. The zero-order valence-corrected chi connectivity index (χ0v) is 28.7. The van der Waals surface area contributed by atoms with E-state index in [0.717, 1.165) is 17.7 Å². The van der Waals surface area contributed by atoms with Crippen molar-refractivity contribution < 1.29 is 38.8 Å². The van der Waals surface area contributed by atoms with Gasteiger partial charge in [-0.1, -0.05) is 74.9 Å². The zero-order chi connectivity index (χ0) is 33.4. The second-order valence-corrected chi connectivity index (χ2v) is 14.5. The van der Waals surface area contributed by atoms with E-state index in [1.165, 1.54) is 5.57 Å². The second-order valence-electron chi connectivity index (χ2n) is 14.5. The molecular weight excluding hydrogens is 586 g/mol. The van der Waals surface area contributed by atoms with Crippen LogP contribution >= 0.6 is 0 Å². The smallest absolute Gasteiger partial charge is 0.316 e. The first-order valence-corrected chi connectivity index (χ1v) is 16.8. The van der Waals surface area contributed by atoms with Crippen molar-refractivity contribution in [2.75, 3.05) is 13.7 Å². The fourth-order valence-corrected chi connectivity index (χ4v) is 7.94. The van der Waals surface area contributed by atoms with Gasteiger partial charge in [0, 0.05) is 25.2 Å². The normalized spacial score (nSPS) is 41.5. The third-order valence-electron chi connectivity index (χ3n) is 10.1. The number of nitrogens with zero attached hydrogens (tertiary/aromatic N) is 1. The predicted octanol–water partition coefficient (Wildman–Crippen LogP) is 5.73. The van der Waals surface area contributed by atoms with Crippen molar-refractivity contribution in [1.82, 2.24) is 0 Å². The van der Waals surface area contributed by atoms with Crippen LogP contribution in [-0.4, -0.2) is 77.5 Å². The number of hydrogen-bond acceptors (Lipinski definition) is 9. The molecule has 10 atom stereocenters. The molecule has 254 valence electrons. The molecule has 4 aliphatic heterocycles. The molecule has 0 radical (unpaired) electrons. The topological polar surface area (TPSA) is 116 Å². The van der Waals surface area contributed by atoms with Gasteiger partial charge < -0.3 is 34.0 Å². The Morgan fingerprint density at radius 3 is 2.67 bits per heavy atom. The molecule has 3 fully saturated rings. The predicted molar refractivity (Wildman–Crippen MR) is 176 cm³/mol. The summed E-state index contributed by atoms with van der Waals surface area (Å²) in [4.78, 5) is 19.4. The molecular formula is C37H53NO8. The van der Waals surface area contributed by atoms with Gasteiger partial charge in [-0.3, -0.25) is 4.79 Å². The molecule has 46 heavy (non-hydrogen) atoms. The molecule has 0 saturated carbocycles. The summed E-state index contributed by atoms with van der Waals surface area (Å²) in [7, 11) is 1.55. The Morgan fingerprint density at radius 2 is 1.96 bits per heavy atom. The number of ether oxygens (including phenoxy) is 4. The minimum atomic E-state index is -1.74. The van der Waals surface area contributed by atoms with Crippen LogP contribution in [0.4, 0.5) is 0 Å². The summed E-state index contributed by atoms with van der Waals surface area (Å²) >= 11 is 0. The highest BCUT2D eigenvalue weighted by molar-refractivity contribution is 5.88. The van der Waals surface area contributed by atoms with Crippen LogP contribution in [0.15, 0.2) is 63.9 Å². The highest BCUT2D eigenvalue weighted by atomic mass is 16.7. The van der Waals surface area contributed by atoms with E-state index >= 15 is 0 Å². The first kappa shape index (κ1) is 34.8. The van der Waals surface area contributed by atoms with Crippen LogP contribution in [0.1, 0.15) is 80.6 Å². The van der Waals surface area contributed by atoms with E-state index in [0.29, 0.717) is 42.7 Å². The summed E-state index contributed by atoms with van der Waals surface area (Å²) in [6.45, 7) is 14.6. The molecule has 3 saturated heterocycles. The van der Waals surface area contributed by atoms with Gasteiger partial charge in [-0.05, 0) is 62.2 Å². The highest BCUT2D eigenvalue weighted by Crippen LogP contribution is 2.47. The second kappa shape index (κ2) is 13.9. The van der Waals surface area contributed by atoms with E-state index in [9.17, 15) is 15.0 Å². The number of fused-ring (bicyclic) bond motifs is 2. The van der Waals surface area contributed by atoms with Gasteiger partial charge >= 0.3 is 5.97 Å². The van der Waals surface area contributed by atoms with Crippen LogP contribution in [0.3, 0.4) is 0 Å². The average Bonchev–Trinajstić information content (AvgIpc) is 3.31. The quantitative estimate of drug-likeness (QED) is 0.229. The number of esters is 1. The third kappa shape index (κ3) is 6.99. The van der Waals surface area contributed by atoms with Crippen molar-refractivity contribution in [3.8, 4) is 0 Å². The van der Waals surface area contributed by atoms with Crippen LogP contribution in [-0.2, 0) is 28.6 Å². The molecule has 0 aromatic heterocycles. The Morgan fingerprint density at radius 1 is 1.20 bits per heavy atom. The molecule has 2 bridgehead atoms. The lowest BCUT2D eigenvalue weighted by atomic mass is 9.71. The van der Waals surface area contributed by atoms with E-state index in [1.54, 1.807) is 20.1 Å². The number of rotatable bonds is 3. The van der Waals surface area contributed by atoms with Crippen molar-refractivity contribution in [2.24, 2.45) is 28.8 Å². The van der Waals surface area contributed by atoms with Crippen molar-refractivity contribution in [2.45, 2.75) is 122 Å². The summed E-state index contributed by atoms with van der Waals surface area (Å²) in [5.74, 6) is -2.15. The zero-order valence-electron chi connectivity index (χ0n) is 28.7. The number of allylic oxidation sites excluding steroid dienone is 5. The first-order valence-electron chi connectivity index (χ1n) is 16.8. The Labute approximate surface area is 274 Å². The first-order chi connectivity index (χ1) is 21.8. The lowest BCUT2D eigenvalue weighted by molar-refractivity contribution is -0.313. The fraction of sp³-hybridized carbons (Fsp3) is 0.676. The molecule has 5 aliphatic rings. The molecule has 9 heteroatoms. The lowest BCUT2D eigenvalue weighted by Gasteiger charge is -2.50. The summed E-state index contributed by atoms with van der Waals surface area (Å²) in [6.07, 6.45) is 11.4. The van der Waals surface area contributed by atoms with Gasteiger partial charge in [0.15, 0.2) is 5.79 Å². The van der Waals surface area contributed by atoms with Crippen molar-refractivity contribution >= 4 is 11.7 Å². The van der Waals surface area contributed by atoms with Gasteiger partial charge in [0.1, 0.15) is 36.9 Å². The molecule has 9 nitrogen and oxygen atoms in total. The van der Waals surface area contributed by atoms with Crippen molar-refractivity contribution in [1.29, 1.82) is 0 Å². The molecule has 10 unspecified atom stereocenters. The van der Waals surface area contributed by atoms with Gasteiger partial charge in [-0.15, -0.1) is 0 Å². The van der Waals surface area contributed by atoms with Gasteiger partial charge in [-0.2, -0.15) is 0 Å². The average molecular weight is 640 g/mol. The summed E-state index contributed by atoms with van der Waals surface area (Å²) < 4.78 is 26.0. The van der Waals surface area contributed by atoms with Crippen LogP contribution in [0.25, 0.3) is 0 Å². The number of carbonyl (C=O) groups is 1. The highest BCUT2D eigenvalue weighted by Gasteiger charge is 2.60. The Bertz CT molecular complexity index is 1340. The van der Waals surface area contributed by atoms with E-state index in [-0.39, 0.29) is 30.7 Å². The summed E-state index contributed by atoms with van der Waals surface area (Å²) in [5, 5.41) is 27.6. The maximum Gasteiger partial charge on any atom is 0.316 e. The Kier molecular flexibility index (Phi) is 10.5.